The van der Waals surface area contributed by atoms with Crippen LogP contribution in [0.25, 0.3) is 0 Å². The van der Waals surface area contributed by atoms with Crippen LogP contribution in [0.3, 0.4) is 0 Å². The summed E-state index contributed by atoms with van der Waals surface area (Å²) in [5, 5.41) is 2.62. The third kappa shape index (κ3) is 3.53. The summed E-state index contributed by atoms with van der Waals surface area (Å²) in [7, 11) is 0. The molecule has 0 radical (unpaired) electrons. The molecule has 6 heteroatoms. The molecule has 1 aliphatic heterocycles. The van der Waals surface area contributed by atoms with Crippen molar-refractivity contribution in [2.75, 3.05) is 6.54 Å². The molecule has 1 N–H and O–H groups in total. The maximum absolute atomic E-state index is 13.3. The lowest BCUT2D eigenvalue weighted by atomic mass is 10.2. The number of benzene rings is 1. The lowest BCUT2D eigenvalue weighted by Gasteiger charge is -2.22. The van der Waals surface area contributed by atoms with Crippen LogP contribution in [0.4, 0.5) is 4.39 Å². The van der Waals surface area contributed by atoms with Crippen LogP contribution in [-0.2, 0) is 16.1 Å². The maximum atomic E-state index is 13.3. The topological polar surface area (TPSA) is 49.4 Å². The Morgan fingerprint density at radius 2 is 2.16 bits per heavy atom. The molecule has 0 spiro atoms. The van der Waals surface area contributed by atoms with Crippen molar-refractivity contribution >= 4 is 27.7 Å². The van der Waals surface area contributed by atoms with Crippen LogP contribution in [0.5, 0.6) is 0 Å². The summed E-state index contributed by atoms with van der Waals surface area (Å²) in [6.07, 6.45) is 0.270. The average molecular weight is 329 g/mol. The highest BCUT2D eigenvalue weighted by molar-refractivity contribution is 9.10. The molecule has 1 fully saturated rings. The van der Waals surface area contributed by atoms with E-state index in [0.29, 0.717) is 23.1 Å². The number of rotatable bonds is 2. The zero-order valence-electron chi connectivity index (χ0n) is 10.5. The number of carbonyl (C=O) groups excluding carboxylic acids is 2. The second-order valence-corrected chi connectivity index (χ2v) is 5.49. The Morgan fingerprint density at radius 1 is 1.42 bits per heavy atom. The number of nitrogens with zero attached hydrogens (tertiary/aromatic N) is 1. The van der Waals surface area contributed by atoms with Gasteiger partial charge in [-0.25, -0.2) is 4.39 Å². The highest BCUT2D eigenvalue weighted by Gasteiger charge is 2.26. The fraction of sp³-hybridized carbons (Fsp3) is 0.385. The van der Waals surface area contributed by atoms with Gasteiger partial charge in [-0.15, -0.1) is 0 Å². The van der Waals surface area contributed by atoms with Crippen molar-refractivity contribution in [1.29, 1.82) is 0 Å². The zero-order chi connectivity index (χ0) is 14.0. The molecule has 102 valence electrons. The Bertz CT molecular complexity index is 501. The maximum Gasteiger partial charge on any atom is 0.245 e. The highest BCUT2D eigenvalue weighted by Crippen LogP contribution is 2.17. The second kappa shape index (κ2) is 5.69. The lowest BCUT2D eigenvalue weighted by Crippen LogP contribution is -2.42. The van der Waals surface area contributed by atoms with Crippen molar-refractivity contribution in [3.8, 4) is 0 Å². The van der Waals surface area contributed by atoms with E-state index in [9.17, 15) is 14.0 Å². The molecule has 1 saturated heterocycles. The first kappa shape index (κ1) is 14.0. The van der Waals surface area contributed by atoms with Crippen LogP contribution in [-0.4, -0.2) is 29.3 Å². The van der Waals surface area contributed by atoms with Crippen molar-refractivity contribution in [3.63, 3.8) is 0 Å². The van der Waals surface area contributed by atoms with E-state index >= 15 is 0 Å². The number of hydrogen-bond acceptors (Lipinski definition) is 2. The van der Waals surface area contributed by atoms with E-state index < -0.39 is 6.04 Å². The van der Waals surface area contributed by atoms with E-state index in [2.05, 4.69) is 21.2 Å². The number of amides is 2. The fourth-order valence-electron chi connectivity index (χ4n) is 2.08. The molecule has 4 nitrogen and oxygen atoms in total. The van der Waals surface area contributed by atoms with Gasteiger partial charge in [0.05, 0.1) is 0 Å². The van der Waals surface area contributed by atoms with Gasteiger partial charge < -0.3 is 10.2 Å². The van der Waals surface area contributed by atoms with Gasteiger partial charge in [-0.2, -0.15) is 0 Å². The Balaban J connectivity index is 2.16. The van der Waals surface area contributed by atoms with E-state index in [4.69, 9.17) is 0 Å². The molecule has 2 amide bonds. The van der Waals surface area contributed by atoms with Crippen LogP contribution in [0.15, 0.2) is 22.7 Å². The lowest BCUT2D eigenvalue weighted by molar-refractivity contribution is -0.133. The van der Waals surface area contributed by atoms with Gasteiger partial charge in [0.15, 0.2) is 0 Å². The summed E-state index contributed by atoms with van der Waals surface area (Å²) < 4.78 is 13.9. The summed E-state index contributed by atoms with van der Waals surface area (Å²) in [5.41, 5.74) is 0.696. The van der Waals surface area contributed by atoms with Crippen LogP contribution in [0.2, 0.25) is 0 Å². The number of carbonyl (C=O) groups is 2. The monoisotopic (exact) mass is 328 g/mol. The van der Waals surface area contributed by atoms with Crippen molar-refractivity contribution in [2.45, 2.75) is 25.9 Å². The zero-order valence-corrected chi connectivity index (χ0v) is 12.0. The van der Waals surface area contributed by atoms with E-state index in [0.717, 1.165) is 0 Å². The molecule has 0 aromatic heterocycles. The van der Waals surface area contributed by atoms with Crippen LogP contribution < -0.4 is 5.32 Å². The van der Waals surface area contributed by atoms with E-state index in [1.807, 2.05) is 0 Å². The van der Waals surface area contributed by atoms with Crippen molar-refractivity contribution in [2.24, 2.45) is 0 Å². The Kier molecular flexibility index (Phi) is 4.19. The average Bonchev–Trinajstić information content (AvgIpc) is 2.41. The summed E-state index contributed by atoms with van der Waals surface area (Å²) >= 11 is 3.22. The number of nitrogens with one attached hydrogen (secondary N) is 1. The Labute approximate surface area is 119 Å². The molecule has 1 aromatic rings. The molecule has 1 unspecified atom stereocenters. The molecule has 1 heterocycles. The largest absolute Gasteiger partial charge is 0.345 e. The van der Waals surface area contributed by atoms with Gasteiger partial charge in [0.2, 0.25) is 11.8 Å². The smallest absolute Gasteiger partial charge is 0.245 e. The SMILES string of the molecule is CC1NC(=O)CCN(Cc2cc(F)cc(Br)c2)C1=O. The van der Waals surface area contributed by atoms with Gasteiger partial charge in [-0.3, -0.25) is 9.59 Å². The minimum atomic E-state index is -0.535. The van der Waals surface area contributed by atoms with Gasteiger partial charge in [0.1, 0.15) is 11.9 Å². The van der Waals surface area contributed by atoms with Gasteiger partial charge in [-0.05, 0) is 30.7 Å². The molecule has 1 atom stereocenters. The van der Waals surface area contributed by atoms with E-state index in [1.54, 1.807) is 17.9 Å². The predicted octanol–water partition coefficient (Wildman–Crippen LogP) is 1.83. The molecule has 0 bridgehead atoms. The molecule has 0 saturated carbocycles. The van der Waals surface area contributed by atoms with Gasteiger partial charge in [0.25, 0.3) is 0 Å². The van der Waals surface area contributed by atoms with Crippen LogP contribution in [0.1, 0.15) is 18.9 Å². The highest BCUT2D eigenvalue weighted by atomic mass is 79.9. The molecule has 19 heavy (non-hydrogen) atoms. The van der Waals surface area contributed by atoms with Crippen LogP contribution >= 0.6 is 15.9 Å². The third-order valence-corrected chi connectivity index (χ3v) is 3.42. The fourth-order valence-corrected chi connectivity index (χ4v) is 2.59. The minimum Gasteiger partial charge on any atom is -0.345 e. The number of hydrogen-bond donors (Lipinski definition) is 1. The van der Waals surface area contributed by atoms with Crippen LogP contribution in [0, 0.1) is 5.82 Å². The first-order chi connectivity index (χ1) is 8.95. The van der Waals surface area contributed by atoms with Crippen molar-refractivity contribution < 1.29 is 14.0 Å². The predicted molar refractivity (Wildman–Crippen MR) is 71.7 cm³/mol. The molecule has 2 rings (SSSR count). The standard InChI is InChI=1S/C13H14BrFN2O2/c1-8-13(19)17(3-2-12(18)16-8)7-9-4-10(14)6-11(15)5-9/h4-6,8H,2-3,7H2,1H3,(H,16,18). The first-order valence-corrected chi connectivity index (χ1v) is 6.78. The normalized spacial score (nSPS) is 20.2. The summed E-state index contributed by atoms with van der Waals surface area (Å²) in [6.45, 7) is 2.30. The number of halogens is 2. The quantitative estimate of drug-likeness (QED) is 0.900. The summed E-state index contributed by atoms with van der Waals surface area (Å²) in [5.74, 6) is -0.635. The summed E-state index contributed by atoms with van der Waals surface area (Å²) in [4.78, 5) is 25.0. The first-order valence-electron chi connectivity index (χ1n) is 5.99. The van der Waals surface area contributed by atoms with Gasteiger partial charge in [-0.1, -0.05) is 15.9 Å². The van der Waals surface area contributed by atoms with Gasteiger partial charge in [0, 0.05) is 24.0 Å². The molecule has 1 aliphatic rings. The molecular weight excluding hydrogens is 315 g/mol. The second-order valence-electron chi connectivity index (χ2n) is 4.58. The third-order valence-electron chi connectivity index (χ3n) is 2.96. The molecule has 1 aromatic carbocycles. The van der Waals surface area contributed by atoms with Crippen molar-refractivity contribution in [3.05, 3.63) is 34.1 Å². The molecule has 0 aliphatic carbocycles. The molecular formula is C13H14BrFN2O2. The van der Waals surface area contributed by atoms with E-state index in [-0.39, 0.29) is 24.1 Å². The Hall–Kier alpha value is -1.43. The minimum absolute atomic E-state index is 0.135. The summed E-state index contributed by atoms with van der Waals surface area (Å²) in [6, 6.07) is 3.98. The van der Waals surface area contributed by atoms with Gasteiger partial charge >= 0.3 is 0 Å². The Morgan fingerprint density at radius 3 is 2.84 bits per heavy atom. The van der Waals surface area contributed by atoms with E-state index in [1.165, 1.54) is 12.1 Å². The van der Waals surface area contributed by atoms with Crippen molar-refractivity contribution in [1.82, 2.24) is 10.2 Å².